The molecule has 2 heterocycles. The van der Waals surface area contributed by atoms with Crippen LogP contribution < -0.4 is 5.32 Å². The average Bonchev–Trinajstić information content (AvgIpc) is 3.10. The van der Waals surface area contributed by atoms with Crippen LogP contribution in [-0.2, 0) is 6.54 Å². The highest BCUT2D eigenvalue weighted by molar-refractivity contribution is 5.80. The van der Waals surface area contributed by atoms with E-state index in [1.807, 2.05) is 43.0 Å². The van der Waals surface area contributed by atoms with Gasteiger partial charge in [-0.1, -0.05) is 36.4 Å². The van der Waals surface area contributed by atoms with Gasteiger partial charge in [-0.15, -0.1) is 0 Å². The number of nitrogens with zero attached hydrogens (tertiary/aromatic N) is 3. The Morgan fingerprint density at radius 1 is 1.07 bits per heavy atom. The van der Waals surface area contributed by atoms with Crippen LogP contribution in [0.4, 0.5) is 4.79 Å². The molecule has 6 heteroatoms. The number of hydrogen-bond acceptors (Lipinski definition) is 4. The zero-order valence-corrected chi connectivity index (χ0v) is 16.4. The summed E-state index contributed by atoms with van der Waals surface area (Å²) in [4.78, 5) is 20.9. The van der Waals surface area contributed by atoms with Gasteiger partial charge < -0.3 is 14.6 Å². The van der Waals surface area contributed by atoms with Gasteiger partial charge in [-0.05, 0) is 37.1 Å². The fourth-order valence-electron chi connectivity index (χ4n) is 3.49. The first kappa shape index (κ1) is 18.5. The minimum absolute atomic E-state index is 0.0185. The van der Waals surface area contributed by atoms with E-state index in [9.17, 15) is 4.79 Å². The molecule has 1 aliphatic rings. The number of aromatic nitrogens is 1. The van der Waals surface area contributed by atoms with Crippen molar-refractivity contribution in [3.63, 3.8) is 0 Å². The fourth-order valence-corrected chi connectivity index (χ4v) is 3.49. The number of carbonyl (C=O) groups is 1. The lowest BCUT2D eigenvalue weighted by Gasteiger charge is -2.34. The predicted molar refractivity (Wildman–Crippen MR) is 110 cm³/mol. The lowest BCUT2D eigenvalue weighted by atomic mass is 10.1. The SMILES string of the molecule is CC(C)NC(=O)N1CCN(Cc2nc3cc(-c4ccccc4)ccc3o2)CC1. The van der Waals surface area contributed by atoms with Crippen molar-refractivity contribution in [2.75, 3.05) is 26.2 Å². The molecule has 2 aromatic carbocycles. The molecule has 0 atom stereocenters. The molecule has 2 amide bonds. The van der Waals surface area contributed by atoms with E-state index in [0.29, 0.717) is 6.54 Å². The topological polar surface area (TPSA) is 61.6 Å². The standard InChI is InChI=1S/C22H26N4O2/c1-16(2)23-22(27)26-12-10-25(11-13-26)15-21-24-19-14-18(8-9-20(19)28-21)17-6-4-3-5-7-17/h3-9,14,16H,10-13,15H2,1-2H3,(H,23,27). The first-order chi connectivity index (χ1) is 13.6. The van der Waals surface area contributed by atoms with E-state index >= 15 is 0 Å². The Balaban J connectivity index is 1.40. The van der Waals surface area contributed by atoms with Gasteiger partial charge in [0.1, 0.15) is 5.52 Å². The highest BCUT2D eigenvalue weighted by atomic mass is 16.3. The first-order valence-corrected chi connectivity index (χ1v) is 9.81. The first-order valence-electron chi connectivity index (χ1n) is 9.81. The van der Waals surface area contributed by atoms with Crippen molar-refractivity contribution in [2.45, 2.75) is 26.4 Å². The Kier molecular flexibility index (Phi) is 5.30. The van der Waals surface area contributed by atoms with E-state index < -0.39 is 0 Å². The van der Waals surface area contributed by atoms with Gasteiger partial charge in [0.15, 0.2) is 5.58 Å². The third-order valence-electron chi connectivity index (χ3n) is 4.97. The molecule has 1 aromatic heterocycles. The van der Waals surface area contributed by atoms with Gasteiger partial charge in [0.05, 0.1) is 6.54 Å². The number of benzene rings is 2. The number of rotatable bonds is 4. The van der Waals surface area contributed by atoms with Crippen LogP contribution in [0.1, 0.15) is 19.7 Å². The molecule has 0 saturated carbocycles. The largest absolute Gasteiger partial charge is 0.439 e. The van der Waals surface area contributed by atoms with E-state index in [2.05, 4.69) is 39.5 Å². The molecule has 0 spiro atoms. The number of amides is 2. The average molecular weight is 378 g/mol. The number of urea groups is 1. The lowest BCUT2D eigenvalue weighted by molar-refractivity contribution is 0.128. The van der Waals surface area contributed by atoms with E-state index in [4.69, 9.17) is 4.42 Å². The Labute approximate surface area is 165 Å². The van der Waals surface area contributed by atoms with Gasteiger partial charge >= 0.3 is 6.03 Å². The van der Waals surface area contributed by atoms with Crippen LogP contribution in [0.5, 0.6) is 0 Å². The summed E-state index contributed by atoms with van der Waals surface area (Å²) in [5, 5.41) is 2.95. The highest BCUT2D eigenvalue weighted by Crippen LogP contribution is 2.25. The van der Waals surface area contributed by atoms with Crippen molar-refractivity contribution >= 4 is 17.1 Å². The number of fused-ring (bicyclic) bond motifs is 1. The predicted octanol–water partition coefficient (Wildman–Crippen LogP) is 3.73. The van der Waals surface area contributed by atoms with E-state index in [-0.39, 0.29) is 12.1 Å². The zero-order chi connectivity index (χ0) is 19.5. The number of nitrogens with one attached hydrogen (secondary N) is 1. The Bertz CT molecular complexity index is 944. The number of hydrogen-bond donors (Lipinski definition) is 1. The van der Waals surface area contributed by atoms with Gasteiger partial charge in [0, 0.05) is 32.2 Å². The molecule has 6 nitrogen and oxygen atoms in total. The third-order valence-corrected chi connectivity index (χ3v) is 4.97. The quantitative estimate of drug-likeness (QED) is 0.751. The second kappa shape index (κ2) is 8.02. The van der Waals surface area contributed by atoms with Crippen molar-refractivity contribution in [3.8, 4) is 11.1 Å². The summed E-state index contributed by atoms with van der Waals surface area (Å²) in [6, 6.07) is 16.6. The van der Waals surface area contributed by atoms with Crippen molar-refractivity contribution in [1.82, 2.24) is 20.1 Å². The Hall–Kier alpha value is -2.86. The summed E-state index contributed by atoms with van der Waals surface area (Å²) < 4.78 is 5.94. The molecule has 0 radical (unpaired) electrons. The maximum absolute atomic E-state index is 12.1. The van der Waals surface area contributed by atoms with Gasteiger partial charge in [0.2, 0.25) is 5.89 Å². The molecule has 146 valence electrons. The smallest absolute Gasteiger partial charge is 0.317 e. The Morgan fingerprint density at radius 3 is 2.54 bits per heavy atom. The molecule has 3 aromatic rings. The molecule has 1 fully saturated rings. The van der Waals surface area contributed by atoms with E-state index in [1.165, 1.54) is 5.56 Å². The molecule has 1 saturated heterocycles. The van der Waals surface area contributed by atoms with E-state index in [0.717, 1.165) is 48.7 Å². The fraction of sp³-hybridized carbons (Fsp3) is 0.364. The monoisotopic (exact) mass is 378 g/mol. The maximum Gasteiger partial charge on any atom is 0.317 e. The molecule has 0 aliphatic carbocycles. The highest BCUT2D eigenvalue weighted by Gasteiger charge is 2.22. The number of piperazine rings is 1. The van der Waals surface area contributed by atoms with Crippen molar-refractivity contribution in [1.29, 1.82) is 0 Å². The normalized spacial score (nSPS) is 15.3. The summed E-state index contributed by atoms with van der Waals surface area (Å²) >= 11 is 0. The van der Waals surface area contributed by atoms with E-state index in [1.54, 1.807) is 0 Å². The minimum atomic E-state index is 0.0185. The van der Waals surface area contributed by atoms with Gasteiger partial charge in [-0.2, -0.15) is 0 Å². The molecule has 0 unspecified atom stereocenters. The van der Waals surface area contributed by atoms with Gasteiger partial charge in [-0.3, -0.25) is 4.90 Å². The molecule has 1 aliphatic heterocycles. The summed E-state index contributed by atoms with van der Waals surface area (Å²) in [5.41, 5.74) is 4.00. The van der Waals surface area contributed by atoms with Gasteiger partial charge in [0.25, 0.3) is 0 Å². The summed E-state index contributed by atoms with van der Waals surface area (Å²) in [5.74, 6) is 0.722. The molecule has 28 heavy (non-hydrogen) atoms. The van der Waals surface area contributed by atoms with Crippen LogP contribution in [-0.4, -0.2) is 53.0 Å². The number of carbonyl (C=O) groups excluding carboxylic acids is 1. The summed E-state index contributed by atoms with van der Waals surface area (Å²) in [7, 11) is 0. The van der Waals surface area contributed by atoms with Crippen LogP contribution >= 0.6 is 0 Å². The lowest BCUT2D eigenvalue weighted by Crippen LogP contribution is -2.52. The summed E-state index contributed by atoms with van der Waals surface area (Å²) in [6.45, 7) is 7.69. The van der Waals surface area contributed by atoms with Crippen LogP contribution in [0.3, 0.4) is 0 Å². The van der Waals surface area contributed by atoms with Crippen molar-refractivity contribution in [3.05, 3.63) is 54.4 Å². The molecule has 1 N–H and O–H groups in total. The molecule has 0 bridgehead atoms. The zero-order valence-electron chi connectivity index (χ0n) is 16.4. The van der Waals surface area contributed by atoms with Crippen molar-refractivity contribution < 1.29 is 9.21 Å². The Morgan fingerprint density at radius 2 is 1.82 bits per heavy atom. The molecular weight excluding hydrogens is 352 g/mol. The number of oxazole rings is 1. The molecule has 4 rings (SSSR count). The maximum atomic E-state index is 12.1. The third kappa shape index (κ3) is 4.17. The van der Waals surface area contributed by atoms with Crippen LogP contribution in [0.15, 0.2) is 52.9 Å². The second-order valence-electron chi connectivity index (χ2n) is 7.52. The van der Waals surface area contributed by atoms with Crippen LogP contribution in [0, 0.1) is 0 Å². The van der Waals surface area contributed by atoms with Crippen molar-refractivity contribution in [2.24, 2.45) is 0 Å². The summed E-state index contributed by atoms with van der Waals surface area (Å²) in [6.07, 6.45) is 0. The van der Waals surface area contributed by atoms with Crippen LogP contribution in [0.25, 0.3) is 22.2 Å². The second-order valence-corrected chi connectivity index (χ2v) is 7.52. The van der Waals surface area contributed by atoms with Gasteiger partial charge in [-0.25, -0.2) is 9.78 Å². The minimum Gasteiger partial charge on any atom is -0.439 e. The van der Waals surface area contributed by atoms with Crippen LogP contribution in [0.2, 0.25) is 0 Å². The molecular formula is C22H26N4O2.